The molecule has 2 nitrogen and oxygen atoms in total. The lowest BCUT2D eigenvalue weighted by Gasteiger charge is -2.31. The summed E-state index contributed by atoms with van der Waals surface area (Å²) < 4.78 is 0. The van der Waals surface area contributed by atoms with Crippen LogP contribution in [0.4, 0.5) is 0 Å². The number of rotatable bonds is 5. The summed E-state index contributed by atoms with van der Waals surface area (Å²) in [5, 5.41) is 0. The number of hydrogen-bond acceptors (Lipinski definition) is 2. The Morgan fingerprint density at radius 2 is 1.40 bits per heavy atom. The summed E-state index contributed by atoms with van der Waals surface area (Å²) in [6.07, 6.45) is 7.14. The zero-order chi connectivity index (χ0) is 10.8. The van der Waals surface area contributed by atoms with Gasteiger partial charge in [0.15, 0.2) is 0 Å². The van der Waals surface area contributed by atoms with Crippen LogP contribution in [-0.2, 0) is 9.59 Å². The summed E-state index contributed by atoms with van der Waals surface area (Å²) in [5.41, 5.74) is 0. The predicted octanol–water partition coefficient (Wildman–Crippen LogP) is 2.75. The van der Waals surface area contributed by atoms with Gasteiger partial charge in [-0.1, -0.05) is 19.8 Å². The summed E-state index contributed by atoms with van der Waals surface area (Å²) in [6.45, 7) is 1.97. The number of ketones is 2. The van der Waals surface area contributed by atoms with Crippen molar-refractivity contribution in [1.29, 1.82) is 0 Å². The van der Waals surface area contributed by atoms with Gasteiger partial charge in [0.2, 0.25) is 0 Å². The van der Waals surface area contributed by atoms with Crippen LogP contribution < -0.4 is 0 Å². The van der Waals surface area contributed by atoms with Crippen LogP contribution in [0.5, 0.6) is 0 Å². The molecule has 84 valence electrons. The van der Waals surface area contributed by atoms with Crippen LogP contribution in [0, 0.1) is 17.8 Å². The summed E-state index contributed by atoms with van der Waals surface area (Å²) in [6, 6.07) is 0. The molecule has 2 saturated carbocycles. The third-order valence-corrected chi connectivity index (χ3v) is 4.11. The first-order valence-electron chi connectivity index (χ1n) is 6.31. The smallest absolute Gasteiger partial charge is 0.146 e. The van der Waals surface area contributed by atoms with Crippen LogP contribution in [0.2, 0.25) is 0 Å². The molecular weight excluding hydrogens is 188 g/mol. The lowest BCUT2D eigenvalue weighted by Crippen LogP contribution is -2.37. The molecule has 0 heterocycles. The monoisotopic (exact) mass is 208 g/mol. The van der Waals surface area contributed by atoms with E-state index in [2.05, 4.69) is 0 Å². The van der Waals surface area contributed by atoms with E-state index in [-0.39, 0.29) is 29.3 Å². The number of carbonyl (C=O) groups is 2. The molecule has 0 saturated heterocycles. The van der Waals surface area contributed by atoms with Crippen molar-refractivity contribution in [2.24, 2.45) is 17.8 Å². The Hall–Kier alpha value is -0.660. The predicted molar refractivity (Wildman–Crippen MR) is 58.5 cm³/mol. The highest BCUT2D eigenvalue weighted by atomic mass is 16.2. The van der Waals surface area contributed by atoms with Crippen LogP contribution in [-0.4, -0.2) is 11.6 Å². The summed E-state index contributed by atoms with van der Waals surface area (Å²) in [4.78, 5) is 24.0. The second-order valence-electron chi connectivity index (χ2n) is 5.02. The fourth-order valence-corrected chi connectivity index (χ4v) is 2.50. The molecule has 2 fully saturated rings. The molecule has 0 radical (unpaired) electrons. The highest BCUT2D eigenvalue weighted by Crippen LogP contribution is 2.35. The minimum absolute atomic E-state index is 0.221. The lowest BCUT2D eigenvalue weighted by molar-refractivity contribution is -0.140. The van der Waals surface area contributed by atoms with Crippen LogP contribution in [0.25, 0.3) is 0 Å². The van der Waals surface area contributed by atoms with Gasteiger partial charge in [-0.25, -0.2) is 0 Å². The molecule has 2 rings (SSSR count). The maximum atomic E-state index is 12.0. The Bertz CT molecular complexity index is 236. The van der Waals surface area contributed by atoms with Crippen LogP contribution in [0.15, 0.2) is 0 Å². The molecule has 0 atom stereocenters. The Morgan fingerprint density at radius 3 is 1.60 bits per heavy atom. The van der Waals surface area contributed by atoms with Crippen molar-refractivity contribution < 1.29 is 9.59 Å². The van der Waals surface area contributed by atoms with E-state index < -0.39 is 0 Å². The topological polar surface area (TPSA) is 34.1 Å². The molecule has 2 aliphatic carbocycles. The van der Waals surface area contributed by atoms with Gasteiger partial charge in [0, 0.05) is 11.8 Å². The van der Waals surface area contributed by atoms with Gasteiger partial charge in [-0.3, -0.25) is 9.59 Å². The zero-order valence-corrected chi connectivity index (χ0v) is 9.50. The van der Waals surface area contributed by atoms with Crippen molar-refractivity contribution in [3.8, 4) is 0 Å². The second-order valence-corrected chi connectivity index (χ2v) is 5.02. The quantitative estimate of drug-likeness (QED) is 0.651. The minimum Gasteiger partial charge on any atom is -0.299 e. The maximum absolute atomic E-state index is 12.0. The molecular formula is C13H20O2. The minimum atomic E-state index is -0.263. The van der Waals surface area contributed by atoms with E-state index in [0.29, 0.717) is 6.42 Å². The lowest BCUT2D eigenvalue weighted by atomic mass is 9.71. The molecule has 0 aromatic rings. The second kappa shape index (κ2) is 4.46. The third kappa shape index (κ3) is 1.99. The van der Waals surface area contributed by atoms with Crippen molar-refractivity contribution >= 4 is 11.6 Å². The first-order chi connectivity index (χ1) is 7.24. The van der Waals surface area contributed by atoms with E-state index in [1.54, 1.807) is 0 Å². The van der Waals surface area contributed by atoms with E-state index in [9.17, 15) is 9.59 Å². The maximum Gasteiger partial charge on any atom is 0.146 e. The van der Waals surface area contributed by atoms with Crippen LogP contribution in [0.1, 0.15) is 51.9 Å². The first-order valence-corrected chi connectivity index (χ1v) is 6.31. The highest BCUT2D eigenvalue weighted by molar-refractivity contribution is 6.04. The molecule has 0 aromatic heterocycles. The van der Waals surface area contributed by atoms with Gasteiger partial charge >= 0.3 is 0 Å². The summed E-state index contributed by atoms with van der Waals surface area (Å²) >= 11 is 0. The molecule has 0 unspecified atom stereocenters. The number of hydrogen-bond donors (Lipinski definition) is 0. The Labute approximate surface area is 91.4 Å². The molecule has 15 heavy (non-hydrogen) atoms. The van der Waals surface area contributed by atoms with E-state index in [1.807, 2.05) is 6.92 Å². The zero-order valence-electron chi connectivity index (χ0n) is 9.50. The van der Waals surface area contributed by atoms with Crippen molar-refractivity contribution in [1.82, 2.24) is 0 Å². The van der Waals surface area contributed by atoms with Crippen molar-refractivity contribution in [2.45, 2.75) is 51.9 Å². The molecule has 2 aliphatic rings. The van der Waals surface area contributed by atoms with Gasteiger partial charge in [0.25, 0.3) is 0 Å². The molecule has 0 aromatic carbocycles. The molecule has 0 bridgehead atoms. The third-order valence-electron chi connectivity index (χ3n) is 4.11. The number of carbonyl (C=O) groups excluding carboxylic acids is 2. The average molecular weight is 208 g/mol. The van der Waals surface area contributed by atoms with Gasteiger partial charge in [-0.05, 0) is 32.1 Å². The van der Waals surface area contributed by atoms with E-state index >= 15 is 0 Å². The Morgan fingerprint density at radius 1 is 1.00 bits per heavy atom. The standard InChI is InChI=1S/C13H20O2/c1-2-11(12(14)9-5-3-6-9)13(15)10-7-4-8-10/h9-11H,2-8H2,1H3. The molecule has 0 amide bonds. The normalized spacial score (nSPS) is 22.3. The fourth-order valence-electron chi connectivity index (χ4n) is 2.50. The highest BCUT2D eigenvalue weighted by Gasteiger charge is 2.38. The Kier molecular flexibility index (Phi) is 3.22. The largest absolute Gasteiger partial charge is 0.299 e. The van der Waals surface area contributed by atoms with Gasteiger partial charge in [0.05, 0.1) is 5.92 Å². The van der Waals surface area contributed by atoms with E-state index in [1.165, 1.54) is 12.8 Å². The van der Waals surface area contributed by atoms with Crippen LogP contribution >= 0.6 is 0 Å². The summed E-state index contributed by atoms with van der Waals surface area (Å²) in [5.74, 6) is 0.680. The molecule has 2 heteroatoms. The van der Waals surface area contributed by atoms with Gasteiger partial charge in [-0.2, -0.15) is 0 Å². The van der Waals surface area contributed by atoms with Gasteiger partial charge in [-0.15, -0.1) is 0 Å². The van der Waals surface area contributed by atoms with Gasteiger partial charge < -0.3 is 0 Å². The SMILES string of the molecule is CCC(C(=O)C1CCC1)C(=O)C1CCC1. The van der Waals surface area contributed by atoms with E-state index in [0.717, 1.165) is 25.7 Å². The molecule has 0 spiro atoms. The summed E-state index contributed by atoms with van der Waals surface area (Å²) in [7, 11) is 0. The Balaban J connectivity index is 1.95. The molecule has 0 N–H and O–H groups in total. The van der Waals surface area contributed by atoms with E-state index in [4.69, 9.17) is 0 Å². The van der Waals surface area contributed by atoms with Crippen LogP contribution in [0.3, 0.4) is 0 Å². The molecule has 0 aliphatic heterocycles. The van der Waals surface area contributed by atoms with Crippen molar-refractivity contribution in [3.05, 3.63) is 0 Å². The van der Waals surface area contributed by atoms with Crippen molar-refractivity contribution in [2.75, 3.05) is 0 Å². The average Bonchev–Trinajstić information content (AvgIpc) is 1.98. The first kappa shape index (κ1) is 10.8. The fraction of sp³-hybridized carbons (Fsp3) is 0.846. The van der Waals surface area contributed by atoms with Gasteiger partial charge in [0.1, 0.15) is 11.6 Å². The van der Waals surface area contributed by atoms with Crippen molar-refractivity contribution in [3.63, 3.8) is 0 Å². The number of Topliss-reactive ketones (excluding diaryl/α,β-unsaturated/α-hetero) is 2.